The summed E-state index contributed by atoms with van der Waals surface area (Å²) in [7, 11) is 0. The van der Waals surface area contributed by atoms with Gasteiger partial charge in [-0.1, -0.05) is 13.8 Å². The van der Waals surface area contributed by atoms with Crippen molar-refractivity contribution in [3.63, 3.8) is 0 Å². The van der Waals surface area contributed by atoms with Gasteiger partial charge in [0.15, 0.2) is 0 Å². The molecule has 21 heavy (non-hydrogen) atoms. The average Bonchev–Trinajstić information content (AvgIpc) is 2.91. The largest absolute Gasteiger partial charge is 0.481 e. The average molecular weight is 306 g/mol. The van der Waals surface area contributed by atoms with Crippen LogP contribution in [-0.2, 0) is 4.79 Å². The number of nitrogens with one attached hydrogen (secondary N) is 1. The van der Waals surface area contributed by atoms with Crippen molar-refractivity contribution in [2.45, 2.75) is 33.1 Å². The van der Waals surface area contributed by atoms with Gasteiger partial charge >= 0.3 is 5.97 Å². The topological polar surface area (TPSA) is 62.2 Å². The number of thiophene rings is 1. The molecule has 2 aromatic rings. The van der Waals surface area contributed by atoms with Crippen molar-refractivity contribution in [1.29, 1.82) is 0 Å². The number of carbonyl (C=O) groups is 1. The first-order valence-corrected chi connectivity index (χ1v) is 8.23. The third-order valence-electron chi connectivity index (χ3n) is 3.86. The summed E-state index contributed by atoms with van der Waals surface area (Å²) in [6.45, 7) is 5.14. The number of anilines is 1. The molecule has 0 fully saturated rings. The maximum absolute atomic E-state index is 10.7. The van der Waals surface area contributed by atoms with E-state index in [0.29, 0.717) is 11.8 Å². The van der Waals surface area contributed by atoms with Crippen LogP contribution in [0.25, 0.3) is 10.1 Å². The number of carboxylic acids is 1. The van der Waals surface area contributed by atoms with Crippen LogP contribution in [0.15, 0.2) is 23.7 Å². The molecule has 4 nitrogen and oxygen atoms in total. The SMILES string of the molecule is CC(C)C(CCNc1nccc2sccc12)CCC(=O)O. The number of aliphatic carboxylic acids is 1. The van der Waals surface area contributed by atoms with Crippen molar-refractivity contribution < 1.29 is 9.90 Å². The highest BCUT2D eigenvalue weighted by molar-refractivity contribution is 7.17. The van der Waals surface area contributed by atoms with Gasteiger partial charge in [0.05, 0.1) is 0 Å². The third kappa shape index (κ3) is 4.43. The Balaban J connectivity index is 1.89. The quantitative estimate of drug-likeness (QED) is 0.766. The molecule has 0 amide bonds. The van der Waals surface area contributed by atoms with Crippen LogP contribution >= 0.6 is 11.3 Å². The van der Waals surface area contributed by atoms with E-state index in [1.807, 2.05) is 12.3 Å². The molecule has 0 aromatic carbocycles. The predicted molar refractivity (Wildman–Crippen MR) is 87.9 cm³/mol. The number of hydrogen-bond acceptors (Lipinski definition) is 4. The molecule has 2 rings (SSSR count). The summed E-state index contributed by atoms with van der Waals surface area (Å²) in [5, 5.41) is 15.4. The van der Waals surface area contributed by atoms with Gasteiger partial charge in [0.2, 0.25) is 0 Å². The fraction of sp³-hybridized carbons (Fsp3) is 0.500. The lowest BCUT2D eigenvalue weighted by atomic mass is 9.88. The number of hydrogen-bond donors (Lipinski definition) is 2. The summed E-state index contributed by atoms with van der Waals surface area (Å²) in [5.74, 6) is 1.14. The molecule has 5 heteroatoms. The van der Waals surface area contributed by atoms with E-state index in [-0.39, 0.29) is 6.42 Å². The molecule has 2 heterocycles. The lowest BCUT2D eigenvalue weighted by Crippen LogP contribution is -2.16. The van der Waals surface area contributed by atoms with E-state index in [0.717, 1.165) is 30.6 Å². The summed E-state index contributed by atoms with van der Waals surface area (Å²) >= 11 is 1.71. The molecule has 0 aliphatic rings. The van der Waals surface area contributed by atoms with Crippen molar-refractivity contribution in [1.82, 2.24) is 4.98 Å². The summed E-state index contributed by atoms with van der Waals surface area (Å²) in [6, 6.07) is 4.11. The standard InChI is InChI=1S/C16H22N2O2S/c1-11(2)12(3-4-15(19)20)5-8-17-16-13-7-10-21-14(13)6-9-18-16/h6-7,9-12H,3-5,8H2,1-2H3,(H,17,18)(H,19,20). The van der Waals surface area contributed by atoms with Crippen LogP contribution in [0.5, 0.6) is 0 Å². The van der Waals surface area contributed by atoms with Gasteiger partial charge in [-0.2, -0.15) is 0 Å². The van der Waals surface area contributed by atoms with Gasteiger partial charge in [-0.05, 0) is 42.2 Å². The molecule has 0 saturated carbocycles. The van der Waals surface area contributed by atoms with E-state index in [1.165, 1.54) is 4.70 Å². The van der Waals surface area contributed by atoms with E-state index in [4.69, 9.17) is 5.11 Å². The van der Waals surface area contributed by atoms with Crippen molar-refractivity contribution in [3.8, 4) is 0 Å². The highest BCUT2D eigenvalue weighted by Crippen LogP contribution is 2.26. The van der Waals surface area contributed by atoms with Crippen molar-refractivity contribution in [2.24, 2.45) is 11.8 Å². The monoisotopic (exact) mass is 306 g/mol. The highest BCUT2D eigenvalue weighted by Gasteiger charge is 2.15. The van der Waals surface area contributed by atoms with Crippen LogP contribution in [-0.4, -0.2) is 22.6 Å². The van der Waals surface area contributed by atoms with E-state index >= 15 is 0 Å². The molecule has 114 valence electrons. The predicted octanol–water partition coefficient (Wildman–Crippen LogP) is 4.24. The van der Waals surface area contributed by atoms with E-state index in [1.54, 1.807) is 11.3 Å². The first kappa shape index (κ1) is 15.8. The van der Waals surface area contributed by atoms with Gasteiger partial charge in [0.25, 0.3) is 0 Å². The molecule has 0 aliphatic carbocycles. The number of fused-ring (bicyclic) bond motifs is 1. The lowest BCUT2D eigenvalue weighted by molar-refractivity contribution is -0.137. The Kier molecular flexibility index (Phi) is 5.56. The van der Waals surface area contributed by atoms with Crippen LogP contribution in [0.2, 0.25) is 0 Å². The Morgan fingerprint density at radius 3 is 2.90 bits per heavy atom. The van der Waals surface area contributed by atoms with Crippen molar-refractivity contribution >= 4 is 33.2 Å². The second kappa shape index (κ2) is 7.41. The van der Waals surface area contributed by atoms with Gasteiger partial charge in [-0.15, -0.1) is 11.3 Å². The normalized spacial score (nSPS) is 12.7. The molecule has 0 radical (unpaired) electrons. The Hall–Kier alpha value is -1.62. The van der Waals surface area contributed by atoms with Crippen LogP contribution < -0.4 is 5.32 Å². The van der Waals surface area contributed by atoms with E-state index < -0.39 is 5.97 Å². The first-order chi connectivity index (χ1) is 10.1. The van der Waals surface area contributed by atoms with Crippen molar-refractivity contribution in [3.05, 3.63) is 23.7 Å². The second-order valence-electron chi connectivity index (χ2n) is 5.64. The fourth-order valence-corrected chi connectivity index (χ4v) is 3.31. The Morgan fingerprint density at radius 2 is 2.19 bits per heavy atom. The number of nitrogens with zero attached hydrogens (tertiary/aromatic N) is 1. The molecular weight excluding hydrogens is 284 g/mol. The molecule has 1 atom stereocenters. The van der Waals surface area contributed by atoms with Crippen molar-refractivity contribution in [2.75, 3.05) is 11.9 Å². The summed E-state index contributed by atoms with van der Waals surface area (Å²) in [5.41, 5.74) is 0. The molecule has 0 saturated heterocycles. The van der Waals surface area contributed by atoms with Crippen LogP contribution in [0.4, 0.5) is 5.82 Å². The van der Waals surface area contributed by atoms with Gasteiger partial charge < -0.3 is 10.4 Å². The number of pyridine rings is 1. The second-order valence-corrected chi connectivity index (χ2v) is 6.59. The zero-order valence-corrected chi connectivity index (χ0v) is 13.3. The molecule has 0 bridgehead atoms. The summed E-state index contributed by atoms with van der Waals surface area (Å²) in [6.07, 6.45) is 3.78. The first-order valence-electron chi connectivity index (χ1n) is 7.36. The fourth-order valence-electron chi connectivity index (χ4n) is 2.53. The Bertz CT molecular complexity index is 595. The Morgan fingerprint density at radius 1 is 1.38 bits per heavy atom. The molecular formula is C16H22N2O2S. The minimum absolute atomic E-state index is 0.251. The minimum Gasteiger partial charge on any atom is -0.481 e. The molecule has 0 spiro atoms. The third-order valence-corrected chi connectivity index (χ3v) is 4.74. The highest BCUT2D eigenvalue weighted by atomic mass is 32.1. The zero-order chi connectivity index (χ0) is 15.2. The zero-order valence-electron chi connectivity index (χ0n) is 12.5. The summed E-state index contributed by atoms with van der Waals surface area (Å²) in [4.78, 5) is 15.1. The number of aromatic nitrogens is 1. The number of rotatable bonds is 8. The van der Waals surface area contributed by atoms with Gasteiger partial charge in [-0.3, -0.25) is 4.79 Å². The molecule has 0 aliphatic heterocycles. The smallest absolute Gasteiger partial charge is 0.303 e. The lowest BCUT2D eigenvalue weighted by Gasteiger charge is -2.20. The minimum atomic E-state index is -0.710. The molecule has 2 aromatic heterocycles. The number of carboxylic acid groups (broad SMARTS) is 1. The van der Waals surface area contributed by atoms with E-state index in [9.17, 15) is 4.79 Å². The Labute approximate surface area is 129 Å². The summed E-state index contributed by atoms with van der Waals surface area (Å²) < 4.78 is 1.23. The molecule has 1 unspecified atom stereocenters. The van der Waals surface area contributed by atoms with Gasteiger partial charge in [0, 0.05) is 29.2 Å². The van der Waals surface area contributed by atoms with Crippen LogP contribution in [0, 0.1) is 11.8 Å². The maximum Gasteiger partial charge on any atom is 0.303 e. The van der Waals surface area contributed by atoms with E-state index in [2.05, 4.69) is 35.6 Å². The van der Waals surface area contributed by atoms with Gasteiger partial charge in [0.1, 0.15) is 5.82 Å². The van der Waals surface area contributed by atoms with Crippen LogP contribution in [0.3, 0.4) is 0 Å². The van der Waals surface area contributed by atoms with Crippen LogP contribution in [0.1, 0.15) is 33.1 Å². The maximum atomic E-state index is 10.7. The van der Waals surface area contributed by atoms with Gasteiger partial charge in [-0.25, -0.2) is 4.98 Å². The molecule has 2 N–H and O–H groups in total.